The van der Waals surface area contributed by atoms with Crippen molar-refractivity contribution in [2.75, 3.05) is 14.2 Å². The number of hydrogen-bond acceptors (Lipinski definition) is 5. The van der Waals surface area contributed by atoms with Crippen LogP contribution in [-0.2, 0) is 30.5 Å². The predicted molar refractivity (Wildman–Crippen MR) is 134 cm³/mol. The number of rotatable bonds is 6. The number of methoxy groups -OCH3 is 1. The molecule has 0 radical (unpaired) electrons. The fraction of sp³-hybridized carbons (Fsp3) is 0.185. The summed E-state index contributed by atoms with van der Waals surface area (Å²) in [6, 6.07) is 14.1. The molecule has 5 rings (SSSR count). The van der Waals surface area contributed by atoms with Crippen molar-refractivity contribution in [3.8, 4) is 0 Å². The zero-order valence-corrected chi connectivity index (χ0v) is 20.0. The van der Waals surface area contributed by atoms with E-state index in [0.717, 1.165) is 21.2 Å². The van der Waals surface area contributed by atoms with Gasteiger partial charge in [0.15, 0.2) is 0 Å². The van der Waals surface area contributed by atoms with Crippen LogP contribution >= 0.6 is 0 Å². The highest BCUT2D eigenvalue weighted by molar-refractivity contribution is 6.50. The molecule has 0 spiro atoms. The van der Waals surface area contributed by atoms with Crippen molar-refractivity contribution in [2.24, 2.45) is 0 Å². The molecule has 0 unspecified atom stereocenters. The van der Waals surface area contributed by atoms with E-state index in [1.165, 1.54) is 14.2 Å². The van der Waals surface area contributed by atoms with E-state index >= 15 is 0 Å². The van der Waals surface area contributed by atoms with Crippen LogP contribution in [0.3, 0.4) is 0 Å². The van der Waals surface area contributed by atoms with Gasteiger partial charge < -0.3 is 19.6 Å². The first-order valence-electron chi connectivity index (χ1n) is 11.4. The van der Waals surface area contributed by atoms with Gasteiger partial charge in [0.1, 0.15) is 12.6 Å². The highest BCUT2D eigenvalue weighted by atomic mass is 16.5. The number of likely N-dealkylation sites (N-methyl/N-ethyl adjacent to an activating group) is 1. The Kier molecular flexibility index (Phi) is 5.68. The Morgan fingerprint density at radius 3 is 2.33 bits per heavy atom. The topological polar surface area (TPSA) is 114 Å². The first kappa shape index (κ1) is 23.1. The molecule has 9 heteroatoms. The quantitative estimate of drug-likeness (QED) is 0.323. The molecule has 1 aliphatic rings. The third-order valence-corrected chi connectivity index (χ3v) is 6.45. The fourth-order valence-electron chi connectivity index (χ4n) is 4.67. The summed E-state index contributed by atoms with van der Waals surface area (Å²) in [6.45, 7) is 1.45. The van der Waals surface area contributed by atoms with Crippen molar-refractivity contribution in [3.05, 3.63) is 72.1 Å². The molecule has 1 aliphatic heterocycles. The van der Waals surface area contributed by atoms with Gasteiger partial charge in [0.05, 0.1) is 18.3 Å². The Morgan fingerprint density at radius 1 is 0.972 bits per heavy atom. The molecule has 0 bridgehead atoms. The van der Waals surface area contributed by atoms with Gasteiger partial charge in [-0.15, -0.1) is 0 Å². The van der Waals surface area contributed by atoms with Crippen LogP contribution in [0.4, 0.5) is 0 Å². The molecule has 0 fully saturated rings. The molecular formula is C27H24N4O5. The van der Waals surface area contributed by atoms with Crippen LogP contribution in [0, 0.1) is 0 Å². The summed E-state index contributed by atoms with van der Waals surface area (Å²) in [5.74, 6) is -1.74. The number of nitrogens with one attached hydrogen (secondary N) is 2. The number of carbonyl (C=O) groups is 4. The second-order valence-electron chi connectivity index (χ2n) is 8.67. The van der Waals surface area contributed by atoms with E-state index in [1.807, 2.05) is 48.5 Å². The summed E-state index contributed by atoms with van der Waals surface area (Å²) in [4.78, 5) is 55.4. The van der Waals surface area contributed by atoms with Crippen LogP contribution in [0.5, 0.6) is 0 Å². The van der Waals surface area contributed by atoms with Crippen molar-refractivity contribution in [1.82, 2.24) is 19.8 Å². The van der Waals surface area contributed by atoms with Crippen molar-refractivity contribution >= 4 is 56.6 Å². The zero-order chi connectivity index (χ0) is 25.6. The average Bonchev–Trinajstić information content (AvgIpc) is 3.52. The lowest BCUT2D eigenvalue weighted by Gasteiger charge is -2.12. The van der Waals surface area contributed by atoms with Gasteiger partial charge in [-0.1, -0.05) is 36.4 Å². The number of hydrogen-bond donors (Lipinski definition) is 2. The number of H-pyrrole nitrogens is 1. The lowest BCUT2D eigenvalue weighted by atomic mass is 9.95. The highest BCUT2D eigenvalue weighted by Crippen LogP contribution is 2.40. The van der Waals surface area contributed by atoms with Gasteiger partial charge in [0.25, 0.3) is 11.8 Å². The molecule has 2 N–H and O–H groups in total. The number of benzene rings is 2. The maximum absolute atomic E-state index is 13.4. The molecule has 182 valence electrons. The van der Waals surface area contributed by atoms with Gasteiger partial charge in [-0.25, -0.2) is 4.79 Å². The number of para-hydroxylation sites is 2. The summed E-state index contributed by atoms with van der Waals surface area (Å²) in [6.07, 6.45) is 3.45. The number of carbonyl (C=O) groups excluding carboxylic acids is 4. The number of ether oxygens (including phenoxy) is 1. The first-order chi connectivity index (χ1) is 17.3. The molecule has 3 heterocycles. The molecule has 1 atom stereocenters. The molecule has 0 saturated carbocycles. The second-order valence-corrected chi connectivity index (χ2v) is 8.67. The van der Waals surface area contributed by atoms with Crippen LogP contribution < -0.4 is 5.32 Å². The van der Waals surface area contributed by atoms with E-state index in [0.29, 0.717) is 22.2 Å². The molecule has 0 aliphatic carbocycles. The molecule has 9 nitrogen and oxygen atoms in total. The smallest absolute Gasteiger partial charge is 0.328 e. The summed E-state index contributed by atoms with van der Waals surface area (Å²) in [7, 11) is 2.72. The number of aromatic amines is 1. The van der Waals surface area contributed by atoms with Crippen molar-refractivity contribution in [1.29, 1.82) is 0 Å². The van der Waals surface area contributed by atoms with Crippen LogP contribution in [0.15, 0.2) is 60.9 Å². The zero-order valence-electron chi connectivity index (χ0n) is 20.0. The van der Waals surface area contributed by atoms with E-state index in [4.69, 9.17) is 0 Å². The number of esters is 1. The van der Waals surface area contributed by atoms with Gasteiger partial charge in [-0.05, 0) is 19.1 Å². The van der Waals surface area contributed by atoms with Gasteiger partial charge in [-0.2, -0.15) is 0 Å². The van der Waals surface area contributed by atoms with E-state index < -0.39 is 23.8 Å². The van der Waals surface area contributed by atoms with E-state index in [-0.39, 0.29) is 18.0 Å². The van der Waals surface area contributed by atoms with Crippen LogP contribution in [0.1, 0.15) is 18.1 Å². The minimum Gasteiger partial charge on any atom is -0.467 e. The first-order valence-corrected chi connectivity index (χ1v) is 11.4. The third-order valence-electron chi connectivity index (χ3n) is 6.45. The molecule has 2 aromatic heterocycles. The van der Waals surface area contributed by atoms with Gasteiger partial charge in [0, 0.05) is 52.4 Å². The molecule has 4 aromatic rings. The van der Waals surface area contributed by atoms with E-state index in [2.05, 4.69) is 15.0 Å². The van der Waals surface area contributed by atoms with Crippen molar-refractivity contribution in [2.45, 2.75) is 19.5 Å². The minimum absolute atomic E-state index is 0.0878. The Balaban J connectivity index is 1.65. The maximum Gasteiger partial charge on any atom is 0.328 e. The van der Waals surface area contributed by atoms with Crippen LogP contribution in [0.2, 0.25) is 0 Å². The molecule has 2 aromatic carbocycles. The predicted octanol–water partition coefficient (Wildman–Crippen LogP) is 2.71. The van der Waals surface area contributed by atoms with E-state index in [1.54, 1.807) is 23.9 Å². The lowest BCUT2D eigenvalue weighted by Crippen LogP contribution is -2.40. The summed E-state index contributed by atoms with van der Waals surface area (Å²) < 4.78 is 6.38. The summed E-state index contributed by atoms with van der Waals surface area (Å²) >= 11 is 0. The van der Waals surface area contributed by atoms with Crippen LogP contribution in [-0.4, -0.2) is 58.3 Å². The van der Waals surface area contributed by atoms with E-state index in [9.17, 15) is 19.2 Å². The monoisotopic (exact) mass is 484 g/mol. The Hall–Kier alpha value is -4.66. The van der Waals surface area contributed by atoms with Gasteiger partial charge in [-0.3, -0.25) is 19.3 Å². The highest BCUT2D eigenvalue weighted by Gasteiger charge is 2.39. The Labute approximate surface area is 206 Å². The fourth-order valence-corrected chi connectivity index (χ4v) is 4.67. The third kappa shape index (κ3) is 3.65. The molecule has 0 saturated heterocycles. The van der Waals surface area contributed by atoms with Gasteiger partial charge in [0.2, 0.25) is 5.91 Å². The Morgan fingerprint density at radius 2 is 1.61 bits per heavy atom. The normalized spacial score (nSPS) is 14.7. The maximum atomic E-state index is 13.4. The number of imide groups is 1. The van der Waals surface area contributed by atoms with Crippen molar-refractivity contribution in [3.63, 3.8) is 0 Å². The standard InChI is InChI=1S/C27H24N4O5/c1-15(27(35)36-3)29-22(32)14-31-13-19(17-9-5-7-11-21(17)31)24-23(25(33)30(2)26(24)34)18-12-28-20-10-6-4-8-16(18)20/h4-13,15,28H,14H2,1-3H3,(H,29,32)/t15-/m1/s1. The number of fused-ring (bicyclic) bond motifs is 2. The molecule has 3 amide bonds. The molecule has 36 heavy (non-hydrogen) atoms. The average molecular weight is 485 g/mol. The number of amides is 3. The molecular weight excluding hydrogens is 460 g/mol. The summed E-state index contributed by atoms with van der Waals surface area (Å²) in [5.41, 5.74) is 3.37. The number of aromatic nitrogens is 2. The van der Waals surface area contributed by atoms with Crippen LogP contribution in [0.25, 0.3) is 33.0 Å². The largest absolute Gasteiger partial charge is 0.467 e. The van der Waals surface area contributed by atoms with Gasteiger partial charge >= 0.3 is 5.97 Å². The number of nitrogens with zero attached hydrogens (tertiary/aromatic N) is 2. The second kappa shape index (κ2) is 8.84. The minimum atomic E-state index is -0.803. The SMILES string of the molecule is COC(=O)[C@@H](C)NC(=O)Cn1cc(C2=C(c3c[nH]c4ccccc34)C(=O)N(C)C2=O)c2ccccc21. The Bertz CT molecular complexity index is 1590. The lowest BCUT2D eigenvalue weighted by molar-refractivity contribution is -0.144. The van der Waals surface area contributed by atoms with Crippen molar-refractivity contribution < 1.29 is 23.9 Å². The summed E-state index contributed by atoms with van der Waals surface area (Å²) in [5, 5.41) is 4.18.